The highest BCUT2D eigenvalue weighted by Crippen LogP contribution is 2.29. The van der Waals surface area contributed by atoms with E-state index in [4.69, 9.17) is 22.7 Å². The van der Waals surface area contributed by atoms with Gasteiger partial charge in [-0.1, -0.05) is 29.9 Å². The third-order valence-electron chi connectivity index (χ3n) is 3.21. The normalized spacial score (nSPS) is 17.6. The summed E-state index contributed by atoms with van der Waals surface area (Å²) >= 11 is 4.89. The van der Waals surface area contributed by atoms with Gasteiger partial charge in [-0.3, -0.25) is 0 Å². The summed E-state index contributed by atoms with van der Waals surface area (Å²) in [5, 5.41) is 0. The number of rotatable bonds is 5. The predicted octanol–water partition coefficient (Wildman–Crippen LogP) is 1.91. The summed E-state index contributed by atoms with van der Waals surface area (Å²) in [6.07, 6.45) is 2.01. The molecule has 0 saturated carbocycles. The van der Waals surface area contributed by atoms with Crippen LogP contribution in [0.1, 0.15) is 17.5 Å². The average Bonchev–Trinajstić information content (AvgIpc) is 2.67. The van der Waals surface area contributed by atoms with Gasteiger partial charge in [0.1, 0.15) is 11.9 Å². The number of benzene rings is 1. The molecule has 2 N–H and O–H groups in total. The lowest BCUT2D eigenvalue weighted by Crippen LogP contribution is -2.33. The standard InChI is InChI=1S/C14H20N2OS/c1-10-3-4-13-11(7-10)8-12(17-13)9-16(2)6-5-14(15)18/h3-4,7,12H,5-6,8-9H2,1-2H3,(H2,15,18). The largest absolute Gasteiger partial charge is 0.488 e. The summed E-state index contributed by atoms with van der Waals surface area (Å²) in [5.74, 6) is 1.04. The molecule has 4 heteroatoms. The second-order valence-electron chi connectivity index (χ2n) is 5.03. The highest BCUT2D eigenvalue weighted by molar-refractivity contribution is 7.80. The number of nitrogens with two attached hydrogens (primary N) is 1. The van der Waals surface area contributed by atoms with Gasteiger partial charge in [0.25, 0.3) is 0 Å². The maximum absolute atomic E-state index is 5.93. The fourth-order valence-electron chi connectivity index (χ4n) is 2.29. The van der Waals surface area contributed by atoms with Crippen LogP contribution < -0.4 is 10.5 Å². The van der Waals surface area contributed by atoms with Crippen molar-refractivity contribution >= 4 is 17.2 Å². The Kier molecular flexibility index (Phi) is 4.19. The van der Waals surface area contributed by atoms with E-state index in [1.54, 1.807) is 0 Å². The molecule has 1 aromatic carbocycles. The Morgan fingerprint density at radius 1 is 1.56 bits per heavy atom. The molecule has 0 spiro atoms. The van der Waals surface area contributed by atoms with E-state index < -0.39 is 0 Å². The molecule has 0 aliphatic carbocycles. The van der Waals surface area contributed by atoms with Crippen molar-refractivity contribution in [3.8, 4) is 5.75 Å². The monoisotopic (exact) mass is 264 g/mol. The number of likely N-dealkylation sites (N-methyl/N-ethyl adjacent to an activating group) is 1. The Morgan fingerprint density at radius 2 is 2.33 bits per heavy atom. The molecule has 2 rings (SSSR count). The fourth-order valence-corrected chi connectivity index (χ4v) is 2.38. The third-order valence-corrected chi connectivity index (χ3v) is 3.42. The third kappa shape index (κ3) is 3.43. The highest BCUT2D eigenvalue weighted by Gasteiger charge is 2.23. The van der Waals surface area contributed by atoms with E-state index in [2.05, 4.69) is 37.1 Å². The van der Waals surface area contributed by atoms with E-state index in [1.165, 1.54) is 11.1 Å². The molecule has 1 aromatic rings. The minimum atomic E-state index is 0.248. The van der Waals surface area contributed by atoms with Crippen LogP contribution >= 0.6 is 12.2 Å². The van der Waals surface area contributed by atoms with E-state index in [0.29, 0.717) is 4.99 Å². The Morgan fingerprint density at radius 3 is 3.06 bits per heavy atom. The van der Waals surface area contributed by atoms with Gasteiger partial charge in [0.2, 0.25) is 0 Å². The molecule has 0 fully saturated rings. The summed E-state index contributed by atoms with van der Waals surface area (Å²) in [5.41, 5.74) is 8.12. The van der Waals surface area contributed by atoms with Crippen LogP contribution in [-0.2, 0) is 6.42 Å². The quantitative estimate of drug-likeness (QED) is 0.825. The molecule has 0 radical (unpaired) electrons. The van der Waals surface area contributed by atoms with Gasteiger partial charge in [0.05, 0.1) is 4.99 Å². The van der Waals surface area contributed by atoms with Crippen molar-refractivity contribution in [2.24, 2.45) is 5.73 Å². The number of nitrogens with zero attached hydrogens (tertiary/aromatic N) is 1. The predicted molar refractivity (Wildman–Crippen MR) is 78.2 cm³/mol. The molecule has 18 heavy (non-hydrogen) atoms. The number of hydrogen-bond acceptors (Lipinski definition) is 3. The van der Waals surface area contributed by atoms with Gasteiger partial charge in [-0.25, -0.2) is 0 Å². The summed E-state index contributed by atoms with van der Waals surface area (Å²) in [7, 11) is 2.08. The highest BCUT2D eigenvalue weighted by atomic mass is 32.1. The van der Waals surface area contributed by atoms with Gasteiger partial charge in [0.15, 0.2) is 0 Å². The van der Waals surface area contributed by atoms with E-state index in [9.17, 15) is 0 Å². The molecule has 0 aromatic heterocycles. The number of thiocarbonyl (C=S) groups is 1. The molecule has 1 atom stereocenters. The Hall–Kier alpha value is -1.13. The minimum absolute atomic E-state index is 0.248. The second kappa shape index (κ2) is 5.67. The maximum atomic E-state index is 5.93. The summed E-state index contributed by atoms with van der Waals surface area (Å²) < 4.78 is 5.93. The number of fused-ring (bicyclic) bond motifs is 1. The first-order valence-corrected chi connectivity index (χ1v) is 6.68. The van der Waals surface area contributed by atoms with Gasteiger partial charge in [-0.15, -0.1) is 0 Å². The first-order chi connectivity index (χ1) is 8.54. The topological polar surface area (TPSA) is 38.5 Å². The lowest BCUT2D eigenvalue weighted by Gasteiger charge is -2.20. The van der Waals surface area contributed by atoms with Crippen LogP contribution in [0.15, 0.2) is 18.2 Å². The van der Waals surface area contributed by atoms with Crippen LogP contribution in [0.25, 0.3) is 0 Å². The number of ether oxygens (including phenoxy) is 1. The van der Waals surface area contributed by atoms with Crippen LogP contribution in [-0.4, -0.2) is 36.1 Å². The zero-order valence-corrected chi connectivity index (χ0v) is 11.8. The molecule has 1 heterocycles. The SMILES string of the molecule is Cc1ccc2c(c1)CC(CN(C)CCC(N)=S)O2. The van der Waals surface area contributed by atoms with Crippen molar-refractivity contribution in [3.63, 3.8) is 0 Å². The van der Waals surface area contributed by atoms with Crippen LogP contribution in [0.5, 0.6) is 5.75 Å². The van der Waals surface area contributed by atoms with Crippen LogP contribution in [0.3, 0.4) is 0 Å². The summed E-state index contributed by atoms with van der Waals surface area (Å²) in [6.45, 7) is 3.92. The van der Waals surface area contributed by atoms with Crippen molar-refractivity contribution < 1.29 is 4.74 Å². The van der Waals surface area contributed by atoms with Crippen molar-refractivity contribution in [2.45, 2.75) is 25.9 Å². The average molecular weight is 264 g/mol. The van der Waals surface area contributed by atoms with Crippen molar-refractivity contribution in [1.29, 1.82) is 0 Å². The summed E-state index contributed by atoms with van der Waals surface area (Å²) in [6, 6.07) is 6.38. The Balaban J connectivity index is 1.85. The molecular weight excluding hydrogens is 244 g/mol. The number of hydrogen-bond donors (Lipinski definition) is 1. The fraction of sp³-hybridized carbons (Fsp3) is 0.500. The van der Waals surface area contributed by atoms with Gasteiger partial charge in [-0.05, 0) is 25.6 Å². The zero-order chi connectivity index (χ0) is 13.1. The van der Waals surface area contributed by atoms with E-state index in [0.717, 1.165) is 31.7 Å². The van der Waals surface area contributed by atoms with Crippen LogP contribution in [0, 0.1) is 6.92 Å². The molecule has 0 saturated heterocycles. The summed E-state index contributed by atoms with van der Waals surface area (Å²) in [4.78, 5) is 2.80. The van der Waals surface area contributed by atoms with E-state index in [1.807, 2.05) is 0 Å². The lowest BCUT2D eigenvalue weighted by atomic mass is 10.1. The van der Waals surface area contributed by atoms with Crippen LogP contribution in [0.2, 0.25) is 0 Å². The first-order valence-electron chi connectivity index (χ1n) is 6.27. The van der Waals surface area contributed by atoms with Crippen molar-refractivity contribution in [1.82, 2.24) is 4.90 Å². The smallest absolute Gasteiger partial charge is 0.123 e. The van der Waals surface area contributed by atoms with Gasteiger partial charge >= 0.3 is 0 Å². The first kappa shape index (κ1) is 13.3. The van der Waals surface area contributed by atoms with Gasteiger partial charge in [0, 0.05) is 25.9 Å². The molecule has 1 aliphatic rings. The molecule has 1 unspecified atom stereocenters. The Labute approximate surface area is 114 Å². The van der Waals surface area contributed by atoms with Crippen LogP contribution in [0.4, 0.5) is 0 Å². The molecule has 1 aliphatic heterocycles. The van der Waals surface area contributed by atoms with E-state index >= 15 is 0 Å². The van der Waals surface area contributed by atoms with Crippen molar-refractivity contribution in [2.75, 3.05) is 20.1 Å². The second-order valence-corrected chi connectivity index (χ2v) is 5.56. The lowest BCUT2D eigenvalue weighted by molar-refractivity contribution is 0.171. The minimum Gasteiger partial charge on any atom is -0.488 e. The van der Waals surface area contributed by atoms with Gasteiger partial charge in [-0.2, -0.15) is 0 Å². The molecule has 3 nitrogen and oxygen atoms in total. The van der Waals surface area contributed by atoms with Crippen molar-refractivity contribution in [3.05, 3.63) is 29.3 Å². The molecular formula is C14H20N2OS. The number of aryl methyl sites for hydroxylation is 1. The molecule has 0 bridgehead atoms. The Bertz CT molecular complexity index is 447. The van der Waals surface area contributed by atoms with E-state index in [-0.39, 0.29) is 6.10 Å². The molecule has 0 amide bonds. The van der Waals surface area contributed by atoms with Gasteiger partial charge < -0.3 is 15.4 Å². The maximum Gasteiger partial charge on any atom is 0.123 e. The molecule has 98 valence electrons. The zero-order valence-electron chi connectivity index (χ0n) is 11.0.